The van der Waals surface area contributed by atoms with Gasteiger partial charge in [-0.15, -0.1) is 21.5 Å². The van der Waals surface area contributed by atoms with Gasteiger partial charge in [0.05, 0.1) is 11.9 Å². The summed E-state index contributed by atoms with van der Waals surface area (Å²) in [6.07, 6.45) is 0.389. The number of rotatable bonds is 7. The van der Waals surface area contributed by atoms with E-state index in [0.717, 1.165) is 65.8 Å². The van der Waals surface area contributed by atoms with Gasteiger partial charge in [0.2, 0.25) is 17.7 Å². The SMILES string of the molecule is CCCC(=O)NC1CCN(c2nc(N3CCn4c(nnc4C(F)(F)F)C3)c3cc(CCC)sc3n2)CC1. The highest BCUT2D eigenvalue weighted by Crippen LogP contribution is 2.36. The molecule has 5 heterocycles. The average Bonchev–Trinajstić information content (AvgIpc) is 3.47. The van der Waals surface area contributed by atoms with Crippen LogP contribution in [-0.4, -0.2) is 56.3 Å². The van der Waals surface area contributed by atoms with Crippen LogP contribution in [0.4, 0.5) is 24.9 Å². The van der Waals surface area contributed by atoms with E-state index >= 15 is 0 Å². The van der Waals surface area contributed by atoms with Gasteiger partial charge in [0, 0.05) is 43.5 Å². The third-order valence-electron chi connectivity index (χ3n) is 6.83. The summed E-state index contributed by atoms with van der Waals surface area (Å²) < 4.78 is 41.1. The molecule has 0 radical (unpaired) electrons. The molecule has 13 heteroatoms. The normalized spacial score (nSPS) is 16.9. The minimum absolute atomic E-state index is 0.0922. The Morgan fingerprint density at radius 1 is 1.08 bits per heavy atom. The molecule has 1 N–H and O–H groups in total. The number of thiophene rings is 1. The first kappa shape index (κ1) is 25.7. The zero-order chi connectivity index (χ0) is 26.2. The van der Waals surface area contributed by atoms with Crippen molar-refractivity contribution in [1.82, 2.24) is 30.0 Å². The van der Waals surface area contributed by atoms with Gasteiger partial charge in [-0.1, -0.05) is 20.3 Å². The number of aromatic nitrogens is 5. The Morgan fingerprint density at radius 2 is 1.86 bits per heavy atom. The molecular weight excluding hydrogens is 505 g/mol. The lowest BCUT2D eigenvalue weighted by molar-refractivity contribution is -0.147. The smallest absolute Gasteiger partial charge is 0.353 e. The molecule has 0 spiro atoms. The van der Waals surface area contributed by atoms with Gasteiger partial charge < -0.3 is 19.7 Å². The number of nitrogens with one attached hydrogen (secondary N) is 1. The van der Waals surface area contributed by atoms with Crippen molar-refractivity contribution in [2.75, 3.05) is 29.4 Å². The summed E-state index contributed by atoms with van der Waals surface area (Å²) in [7, 11) is 0. The maximum absolute atomic E-state index is 13.3. The monoisotopic (exact) mass is 536 g/mol. The molecule has 9 nitrogen and oxygen atoms in total. The molecule has 0 atom stereocenters. The summed E-state index contributed by atoms with van der Waals surface area (Å²) >= 11 is 1.64. The summed E-state index contributed by atoms with van der Waals surface area (Å²) in [5, 5.41) is 11.3. The lowest BCUT2D eigenvalue weighted by atomic mass is 10.1. The van der Waals surface area contributed by atoms with Crippen molar-refractivity contribution in [3.8, 4) is 0 Å². The summed E-state index contributed by atoms with van der Waals surface area (Å²) in [4.78, 5) is 28.0. The minimum atomic E-state index is -4.53. The first-order valence-corrected chi connectivity index (χ1v) is 13.7. The second kappa shape index (κ2) is 10.4. The average molecular weight is 537 g/mol. The molecule has 200 valence electrons. The number of aryl methyl sites for hydroxylation is 1. The van der Waals surface area contributed by atoms with Crippen LogP contribution in [0.25, 0.3) is 10.2 Å². The van der Waals surface area contributed by atoms with Crippen molar-refractivity contribution < 1.29 is 18.0 Å². The summed E-state index contributed by atoms with van der Waals surface area (Å²) in [6, 6.07) is 2.26. The van der Waals surface area contributed by atoms with E-state index < -0.39 is 12.0 Å². The second-order valence-electron chi connectivity index (χ2n) is 9.62. The maximum atomic E-state index is 13.3. The zero-order valence-corrected chi connectivity index (χ0v) is 21.8. The van der Waals surface area contributed by atoms with Crippen molar-refractivity contribution in [1.29, 1.82) is 0 Å². The number of hydrogen-bond donors (Lipinski definition) is 1. The van der Waals surface area contributed by atoms with E-state index in [1.807, 2.05) is 11.8 Å². The van der Waals surface area contributed by atoms with Gasteiger partial charge in [0.15, 0.2) is 5.82 Å². The molecule has 0 bridgehead atoms. The van der Waals surface area contributed by atoms with E-state index in [1.165, 1.54) is 4.88 Å². The van der Waals surface area contributed by atoms with E-state index in [4.69, 9.17) is 9.97 Å². The van der Waals surface area contributed by atoms with E-state index in [0.29, 0.717) is 18.9 Å². The molecule has 5 rings (SSSR count). The molecule has 0 aliphatic carbocycles. The Kier molecular flexibility index (Phi) is 7.24. The number of halogens is 3. The highest BCUT2D eigenvalue weighted by Gasteiger charge is 2.40. The standard InChI is InChI=1S/C24H31F3N8OS/c1-3-5-16-13-17-20(34-11-12-35-18(14-34)31-32-22(35)24(25,26)27)29-23(30-21(17)37-16)33-9-7-15(8-10-33)28-19(36)6-4-2/h13,15H,3-12,14H2,1-2H3,(H,28,36). The van der Waals surface area contributed by atoms with Crippen LogP contribution in [0.15, 0.2) is 6.07 Å². The molecule has 1 saturated heterocycles. The van der Waals surface area contributed by atoms with E-state index in [2.05, 4.69) is 33.4 Å². The number of amides is 1. The molecule has 2 aliphatic rings. The van der Waals surface area contributed by atoms with Crippen LogP contribution in [0, 0.1) is 0 Å². The van der Waals surface area contributed by atoms with Gasteiger partial charge >= 0.3 is 6.18 Å². The quantitative estimate of drug-likeness (QED) is 0.485. The summed E-state index contributed by atoms with van der Waals surface area (Å²) in [5.74, 6) is 0.757. The number of carbonyl (C=O) groups is 1. The largest absolute Gasteiger partial charge is 0.451 e. The van der Waals surface area contributed by atoms with Crippen LogP contribution in [0.2, 0.25) is 0 Å². The molecule has 0 aromatic carbocycles. The van der Waals surface area contributed by atoms with Crippen molar-refractivity contribution in [2.45, 2.75) is 77.7 Å². The Balaban J connectivity index is 1.41. The third kappa shape index (κ3) is 5.36. The van der Waals surface area contributed by atoms with Crippen molar-refractivity contribution in [2.24, 2.45) is 0 Å². The van der Waals surface area contributed by atoms with E-state index in [-0.39, 0.29) is 30.9 Å². The summed E-state index contributed by atoms with van der Waals surface area (Å²) in [6.45, 7) is 6.25. The minimum Gasteiger partial charge on any atom is -0.353 e. The van der Waals surface area contributed by atoms with Gasteiger partial charge in [-0.25, -0.2) is 4.98 Å². The van der Waals surface area contributed by atoms with Crippen LogP contribution >= 0.6 is 11.3 Å². The second-order valence-corrected chi connectivity index (χ2v) is 10.7. The molecule has 0 unspecified atom stereocenters. The highest BCUT2D eigenvalue weighted by molar-refractivity contribution is 7.18. The van der Waals surface area contributed by atoms with Gasteiger partial charge in [-0.05, 0) is 31.7 Å². The predicted molar refractivity (Wildman–Crippen MR) is 136 cm³/mol. The van der Waals surface area contributed by atoms with Crippen LogP contribution in [0.5, 0.6) is 0 Å². The molecule has 1 amide bonds. The Bertz CT molecular complexity index is 1260. The maximum Gasteiger partial charge on any atom is 0.451 e. The van der Waals surface area contributed by atoms with Crippen LogP contribution in [-0.2, 0) is 30.5 Å². The number of carbonyl (C=O) groups excluding carboxylic acids is 1. The fourth-order valence-corrected chi connectivity index (χ4v) is 6.12. The van der Waals surface area contributed by atoms with Gasteiger partial charge in [-0.3, -0.25) is 4.79 Å². The number of anilines is 2. The number of fused-ring (bicyclic) bond motifs is 2. The Labute approximate surface area is 217 Å². The molecule has 1 fully saturated rings. The van der Waals surface area contributed by atoms with Gasteiger partial charge in [-0.2, -0.15) is 18.2 Å². The third-order valence-corrected chi connectivity index (χ3v) is 7.92. The first-order chi connectivity index (χ1) is 17.8. The van der Waals surface area contributed by atoms with Crippen molar-refractivity contribution in [3.63, 3.8) is 0 Å². The topological polar surface area (TPSA) is 92.1 Å². The fraction of sp³-hybridized carbons (Fsp3) is 0.625. The highest BCUT2D eigenvalue weighted by atomic mass is 32.1. The van der Waals surface area contributed by atoms with Gasteiger partial charge in [0.25, 0.3) is 0 Å². The summed E-state index contributed by atoms with van der Waals surface area (Å²) in [5.41, 5.74) is 0. The molecule has 37 heavy (non-hydrogen) atoms. The Morgan fingerprint density at radius 3 is 2.57 bits per heavy atom. The predicted octanol–water partition coefficient (Wildman–Crippen LogP) is 4.16. The lowest BCUT2D eigenvalue weighted by Gasteiger charge is -2.34. The number of nitrogens with zero attached hydrogens (tertiary/aromatic N) is 7. The number of alkyl halides is 3. The number of hydrogen-bond acceptors (Lipinski definition) is 8. The van der Waals surface area contributed by atoms with Crippen molar-refractivity contribution >= 4 is 39.2 Å². The van der Waals surface area contributed by atoms with E-state index in [9.17, 15) is 18.0 Å². The van der Waals surface area contributed by atoms with Crippen LogP contribution < -0.4 is 15.1 Å². The number of piperidine rings is 1. The lowest BCUT2D eigenvalue weighted by Crippen LogP contribution is -2.45. The van der Waals surface area contributed by atoms with Crippen LogP contribution in [0.1, 0.15) is 62.5 Å². The molecule has 2 aliphatic heterocycles. The van der Waals surface area contributed by atoms with Crippen LogP contribution in [0.3, 0.4) is 0 Å². The van der Waals surface area contributed by atoms with Crippen molar-refractivity contribution in [3.05, 3.63) is 22.6 Å². The molecule has 3 aromatic rings. The van der Waals surface area contributed by atoms with Gasteiger partial charge in [0.1, 0.15) is 10.6 Å². The molecular formula is C24H31F3N8OS. The zero-order valence-electron chi connectivity index (χ0n) is 21.0. The molecule has 0 saturated carbocycles. The first-order valence-electron chi connectivity index (χ1n) is 12.9. The van der Waals surface area contributed by atoms with E-state index in [1.54, 1.807) is 11.3 Å². The fourth-order valence-electron chi connectivity index (χ4n) is 5.00. The Hall–Kier alpha value is -2.96. The molecule has 3 aromatic heterocycles.